The van der Waals surface area contributed by atoms with Crippen molar-refractivity contribution in [1.29, 1.82) is 0 Å². The van der Waals surface area contributed by atoms with Crippen LogP contribution in [0.1, 0.15) is 36.9 Å². The van der Waals surface area contributed by atoms with E-state index in [9.17, 15) is 22.4 Å². The lowest BCUT2D eigenvalue weighted by molar-refractivity contribution is -0.155. The highest BCUT2D eigenvalue weighted by atomic mass is 19.4. The summed E-state index contributed by atoms with van der Waals surface area (Å²) in [5, 5.41) is 6.70. The van der Waals surface area contributed by atoms with Crippen molar-refractivity contribution in [2.45, 2.75) is 39.1 Å². The van der Waals surface area contributed by atoms with Gasteiger partial charge < -0.3 is 19.6 Å². The molecule has 1 fully saturated rings. The van der Waals surface area contributed by atoms with Crippen LogP contribution in [0.5, 0.6) is 5.75 Å². The van der Waals surface area contributed by atoms with Crippen molar-refractivity contribution in [3.63, 3.8) is 0 Å². The number of hydrogen-bond acceptors (Lipinski definition) is 4. The van der Waals surface area contributed by atoms with Crippen molar-refractivity contribution in [1.82, 2.24) is 15.5 Å². The number of aromatic amines is 1. The monoisotopic (exact) mass is 411 g/mol. The Morgan fingerprint density at radius 3 is 2.72 bits per heavy atom. The summed E-state index contributed by atoms with van der Waals surface area (Å²) < 4.78 is 61.3. The maximum Gasteiger partial charge on any atom is 0.452 e. The fourth-order valence-electron chi connectivity index (χ4n) is 2.87. The lowest BCUT2D eigenvalue weighted by atomic mass is 10.1. The predicted octanol–water partition coefficient (Wildman–Crippen LogP) is 4.31. The molecule has 10 heteroatoms. The van der Waals surface area contributed by atoms with Crippen LogP contribution in [0.3, 0.4) is 0 Å². The van der Waals surface area contributed by atoms with Crippen molar-refractivity contribution >= 4 is 16.8 Å². The zero-order chi connectivity index (χ0) is 20.8. The van der Waals surface area contributed by atoms with E-state index in [-0.39, 0.29) is 35.9 Å². The highest BCUT2D eigenvalue weighted by molar-refractivity contribution is 5.85. The number of fused-ring (bicyclic) bond motifs is 1. The number of carbonyl (C=O) groups is 1. The van der Waals surface area contributed by atoms with Crippen LogP contribution in [-0.2, 0) is 24.1 Å². The average molecular weight is 411 g/mol. The minimum Gasteiger partial charge on any atom is -0.484 e. The van der Waals surface area contributed by atoms with Gasteiger partial charge in [0.15, 0.2) is 11.6 Å². The number of hydrogen-bond donors (Lipinski definition) is 2. The zero-order valence-electron chi connectivity index (χ0n) is 15.3. The van der Waals surface area contributed by atoms with Crippen LogP contribution in [0, 0.1) is 11.2 Å². The van der Waals surface area contributed by atoms with Crippen LogP contribution in [0.15, 0.2) is 28.8 Å². The third kappa shape index (κ3) is 4.06. The molecule has 2 heterocycles. The molecule has 4 rings (SSSR count). The molecule has 6 nitrogen and oxygen atoms in total. The van der Waals surface area contributed by atoms with E-state index in [2.05, 4.69) is 20.0 Å². The molecule has 0 aliphatic heterocycles. The molecule has 2 N–H and O–H groups in total. The number of halogens is 4. The molecule has 0 atom stereocenters. The van der Waals surface area contributed by atoms with E-state index in [1.807, 2.05) is 6.92 Å². The number of nitrogens with one attached hydrogen (secondary N) is 2. The molecular weight excluding hydrogens is 394 g/mol. The Balaban J connectivity index is 1.44. The van der Waals surface area contributed by atoms with Crippen LogP contribution in [0.2, 0.25) is 0 Å². The second-order valence-electron chi connectivity index (χ2n) is 7.38. The number of alkyl halides is 3. The number of rotatable bonds is 6. The minimum absolute atomic E-state index is 0.0165. The molecule has 154 valence electrons. The number of carbonyl (C=O) groups excluding carboxylic acids is 1. The molecule has 0 saturated heterocycles. The van der Waals surface area contributed by atoms with Gasteiger partial charge in [0.05, 0.1) is 6.54 Å². The standard InChI is InChI=1S/C19H17F4N3O3/c1-18(2-3-18)17(27)24-8-11-4-10-5-13(20)15(7-14(10)25-11)28-9-12-6-16(29-26-12)19(21,22)23/h4-7,25H,2-3,8-9H2,1H3,(H,24,27). The quantitative estimate of drug-likeness (QED) is 0.593. The SMILES string of the molecule is CC1(C(=O)NCc2cc3cc(F)c(OCc4cc(C(F)(F)F)on4)cc3[nH]2)CC1. The van der Waals surface area contributed by atoms with E-state index >= 15 is 0 Å². The van der Waals surface area contributed by atoms with Gasteiger partial charge in [-0.05, 0) is 25.0 Å². The van der Waals surface area contributed by atoms with Crippen LogP contribution < -0.4 is 10.1 Å². The number of benzene rings is 1. The molecule has 0 radical (unpaired) electrons. The molecule has 1 aliphatic carbocycles. The number of aromatic nitrogens is 2. The van der Waals surface area contributed by atoms with Gasteiger partial charge in [0.1, 0.15) is 12.3 Å². The lowest BCUT2D eigenvalue weighted by Crippen LogP contribution is -2.29. The Labute approximate surface area is 162 Å². The number of amides is 1. The molecule has 0 unspecified atom stereocenters. The summed E-state index contributed by atoms with van der Waals surface area (Å²) in [6.07, 6.45) is -2.91. The van der Waals surface area contributed by atoms with E-state index in [0.717, 1.165) is 12.8 Å². The van der Waals surface area contributed by atoms with E-state index in [0.29, 0.717) is 22.7 Å². The highest BCUT2D eigenvalue weighted by Gasteiger charge is 2.44. The fraction of sp³-hybridized carbons (Fsp3) is 0.368. The summed E-state index contributed by atoms with van der Waals surface area (Å²) in [6.45, 7) is 1.79. The molecule has 0 spiro atoms. The molecule has 1 aliphatic rings. The first-order valence-corrected chi connectivity index (χ1v) is 8.89. The van der Waals surface area contributed by atoms with Crippen LogP contribution in [0.25, 0.3) is 10.9 Å². The molecule has 2 aromatic heterocycles. The maximum atomic E-state index is 14.3. The van der Waals surface area contributed by atoms with Gasteiger partial charge in [0.2, 0.25) is 11.7 Å². The zero-order valence-corrected chi connectivity index (χ0v) is 15.3. The van der Waals surface area contributed by atoms with Gasteiger partial charge in [-0.3, -0.25) is 4.79 Å². The van der Waals surface area contributed by atoms with Gasteiger partial charge in [-0.15, -0.1) is 0 Å². The second kappa shape index (κ2) is 6.78. The van der Waals surface area contributed by atoms with E-state index < -0.39 is 17.8 Å². The van der Waals surface area contributed by atoms with Crippen molar-refractivity contribution in [2.24, 2.45) is 5.41 Å². The Morgan fingerprint density at radius 2 is 2.07 bits per heavy atom. The van der Waals surface area contributed by atoms with Crippen molar-refractivity contribution < 1.29 is 31.6 Å². The highest BCUT2D eigenvalue weighted by Crippen LogP contribution is 2.45. The first kappa shape index (κ1) is 19.3. The molecule has 3 aromatic rings. The van der Waals surface area contributed by atoms with Crippen molar-refractivity contribution in [2.75, 3.05) is 0 Å². The second-order valence-corrected chi connectivity index (χ2v) is 7.38. The van der Waals surface area contributed by atoms with Gasteiger partial charge in [-0.1, -0.05) is 12.1 Å². The van der Waals surface area contributed by atoms with E-state index in [1.54, 1.807) is 6.07 Å². The molecule has 1 amide bonds. The van der Waals surface area contributed by atoms with Gasteiger partial charge in [0, 0.05) is 34.1 Å². The van der Waals surface area contributed by atoms with Crippen molar-refractivity contribution in [3.8, 4) is 5.75 Å². The van der Waals surface area contributed by atoms with E-state index in [4.69, 9.17) is 4.74 Å². The first-order valence-electron chi connectivity index (χ1n) is 8.89. The Morgan fingerprint density at radius 1 is 1.31 bits per heavy atom. The van der Waals surface area contributed by atoms with Crippen LogP contribution in [0.4, 0.5) is 17.6 Å². The molecule has 1 aromatic carbocycles. The topological polar surface area (TPSA) is 80.2 Å². The lowest BCUT2D eigenvalue weighted by Gasteiger charge is -2.08. The minimum atomic E-state index is -4.65. The Bertz CT molecular complexity index is 1070. The predicted molar refractivity (Wildman–Crippen MR) is 93.3 cm³/mol. The molecular formula is C19H17F4N3O3. The van der Waals surface area contributed by atoms with Crippen LogP contribution >= 0.6 is 0 Å². The first-order chi connectivity index (χ1) is 13.6. The van der Waals surface area contributed by atoms with Crippen molar-refractivity contribution in [3.05, 3.63) is 47.2 Å². The molecule has 1 saturated carbocycles. The molecule has 0 bridgehead atoms. The van der Waals surface area contributed by atoms with E-state index in [1.165, 1.54) is 12.1 Å². The van der Waals surface area contributed by atoms with Gasteiger partial charge in [-0.2, -0.15) is 13.2 Å². The third-order valence-electron chi connectivity index (χ3n) is 4.93. The Kier molecular flexibility index (Phi) is 4.51. The summed E-state index contributed by atoms with van der Waals surface area (Å²) >= 11 is 0. The van der Waals surface area contributed by atoms with Gasteiger partial charge >= 0.3 is 6.18 Å². The van der Waals surface area contributed by atoms with Crippen LogP contribution in [-0.4, -0.2) is 16.0 Å². The summed E-state index contributed by atoms with van der Waals surface area (Å²) in [4.78, 5) is 15.1. The Hall–Kier alpha value is -3.04. The average Bonchev–Trinajstić information content (AvgIpc) is 3.07. The van der Waals surface area contributed by atoms with Gasteiger partial charge in [-0.25, -0.2) is 4.39 Å². The largest absolute Gasteiger partial charge is 0.484 e. The number of ether oxygens (including phenoxy) is 1. The molecule has 29 heavy (non-hydrogen) atoms. The number of nitrogens with zero attached hydrogens (tertiary/aromatic N) is 1. The maximum absolute atomic E-state index is 14.3. The summed E-state index contributed by atoms with van der Waals surface area (Å²) in [5.41, 5.74) is 0.867. The summed E-state index contributed by atoms with van der Waals surface area (Å²) in [6, 6.07) is 5.07. The summed E-state index contributed by atoms with van der Waals surface area (Å²) in [7, 11) is 0. The smallest absolute Gasteiger partial charge is 0.452 e. The normalized spacial score (nSPS) is 15.5. The summed E-state index contributed by atoms with van der Waals surface area (Å²) in [5.74, 6) is -2.07. The third-order valence-corrected chi connectivity index (χ3v) is 4.93. The number of H-pyrrole nitrogens is 1. The van der Waals surface area contributed by atoms with Gasteiger partial charge in [0.25, 0.3) is 0 Å². The fourth-order valence-corrected chi connectivity index (χ4v) is 2.87.